The third-order valence-corrected chi connectivity index (χ3v) is 3.81. The number of nitrogens with zero attached hydrogens (tertiary/aromatic N) is 3. The lowest BCUT2D eigenvalue weighted by Gasteiger charge is -2.18. The van der Waals surface area contributed by atoms with Crippen LogP contribution in [0.2, 0.25) is 0 Å². The fourth-order valence-corrected chi connectivity index (χ4v) is 2.71. The number of carbonyl (C=O) groups is 1. The van der Waals surface area contributed by atoms with Gasteiger partial charge in [0.25, 0.3) is 5.91 Å². The maximum atomic E-state index is 12.3. The first-order valence-electron chi connectivity index (χ1n) is 6.65. The highest BCUT2D eigenvalue weighted by Crippen LogP contribution is 2.30. The largest absolute Gasteiger partial charge is 0.382 e. The minimum atomic E-state index is -0.190. The number of amides is 1. The summed E-state index contributed by atoms with van der Waals surface area (Å²) in [5.74, 6) is 0.0791. The highest BCUT2D eigenvalue weighted by atomic mass is 32.1. The molecule has 0 spiro atoms. The molecule has 0 saturated carbocycles. The predicted molar refractivity (Wildman–Crippen MR) is 85.5 cm³/mol. The van der Waals surface area contributed by atoms with E-state index >= 15 is 0 Å². The van der Waals surface area contributed by atoms with Crippen molar-refractivity contribution >= 4 is 28.3 Å². The van der Waals surface area contributed by atoms with Crippen LogP contribution in [0, 0.1) is 0 Å². The van der Waals surface area contributed by atoms with Crippen LogP contribution in [0.5, 0.6) is 0 Å². The van der Waals surface area contributed by atoms with Crippen LogP contribution in [0.1, 0.15) is 29.8 Å². The Morgan fingerprint density at radius 2 is 2.29 bits per heavy atom. The molecule has 2 heterocycles. The second kappa shape index (κ2) is 6.53. The molecule has 0 atom stereocenters. The van der Waals surface area contributed by atoms with Gasteiger partial charge in [0.15, 0.2) is 5.82 Å². The Bertz CT molecular complexity index is 611. The Balaban J connectivity index is 2.22. The Morgan fingerprint density at radius 1 is 1.52 bits per heavy atom. The van der Waals surface area contributed by atoms with E-state index in [4.69, 9.17) is 5.73 Å². The third kappa shape index (κ3) is 3.69. The van der Waals surface area contributed by atoms with Gasteiger partial charge in [-0.25, -0.2) is 0 Å². The van der Waals surface area contributed by atoms with Gasteiger partial charge in [-0.2, -0.15) is 4.37 Å². The molecule has 1 amide bonds. The van der Waals surface area contributed by atoms with E-state index in [0.717, 1.165) is 10.6 Å². The summed E-state index contributed by atoms with van der Waals surface area (Å²) in [5.41, 5.74) is 7.35. The molecule has 112 valence electrons. The highest BCUT2D eigenvalue weighted by Gasteiger charge is 2.22. The van der Waals surface area contributed by atoms with E-state index in [1.54, 1.807) is 12.4 Å². The van der Waals surface area contributed by atoms with Gasteiger partial charge in [0, 0.05) is 32.0 Å². The number of anilines is 2. The van der Waals surface area contributed by atoms with Gasteiger partial charge in [-0.1, -0.05) is 6.07 Å². The fraction of sp³-hybridized carbons (Fsp3) is 0.357. The maximum absolute atomic E-state index is 12.3. The van der Waals surface area contributed by atoms with Crippen molar-refractivity contribution in [1.82, 2.24) is 14.7 Å². The lowest BCUT2D eigenvalue weighted by Crippen LogP contribution is -2.31. The van der Waals surface area contributed by atoms with Crippen molar-refractivity contribution in [1.29, 1.82) is 0 Å². The van der Waals surface area contributed by atoms with Gasteiger partial charge in [-0.3, -0.25) is 9.78 Å². The van der Waals surface area contributed by atoms with E-state index in [1.807, 2.05) is 37.9 Å². The number of hydrogen-bond acceptors (Lipinski definition) is 6. The third-order valence-electron chi connectivity index (χ3n) is 2.84. The number of aromatic nitrogens is 2. The molecular formula is C14H19N5OS. The van der Waals surface area contributed by atoms with Crippen LogP contribution < -0.4 is 16.0 Å². The zero-order chi connectivity index (χ0) is 15.4. The molecule has 6 nitrogen and oxygen atoms in total. The van der Waals surface area contributed by atoms with Crippen LogP contribution in [0.4, 0.5) is 10.8 Å². The first kappa shape index (κ1) is 15.2. The van der Waals surface area contributed by atoms with Crippen LogP contribution in [-0.2, 0) is 6.54 Å². The van der Waals surface area contributed by atoms with Crippen molar-refractivity contribution in [2.24, 2.45) is 0 Å². The second-order valence-corrected chi connectivity index (χ2v) is 5.85. The smallest absolute Gasteiger partial charge is 0.258 e. The van der Waals surface area contributed by atoms with E-state index in [-0.39, 0.29) is 17.8 Å². The molecule has 0 bridgehead atoms. The lowest BCUT2D eigenvalue weighted by atomic mass is 10.2. The minimum Gasteiger partial charge on any atom is -0.382 e. The zero-order valence-corrected chi connectivity index (χ0v) is 13.1. The van der Waals surface area contributed by atoms with Crippen LogP contribution in [0.3, 0.4) is 0 Å². The molecule has 0 aliphatic rings. The van der Waals surface area contributed by atoms with Crippen LogP contribution in [-0.4, -0.2) is 28.4 Å². The van der Waals surface area contributed by atoms with Crippen molar-refractivity contribution < 1.29 is 4.79 Å². The average molecular weight is 305 g/mol. The molecule has 21 heavy (non-hydrogen) atoms. The normalized spacial score (nSPS) is 10.7. The van der Waals surface area contributed by atoms with Crippen LogP contribution in [0.15, 0.2) is 24.5 Å². The number of pyridine rings is 1. The predicted octanol–water partition coefficient (Wildman–Crippen LogP) is 1.89. The zero-order valence-electron chi connectivity index (χ0n) is 12.3. The van der Waals surface area contributed by atoms with Gasteiger partial charge in [0.1, 0.15) is 10.6 Å². The van der Waals surface area contributed by atoms with E-state index in [1.165, 1.54) is 11.5 Å². The molecule has 0 radical (unpaired) electrons. The molecule has 0 aliphatic carbocycles. The molecule has 2 aromatic rings. The molecule has 0 aromatic carbocycles. The van der Waals surface area contributed by atoms with E-state index in [9.17, 15) is 4.79 Å². The molecule has 0 aliphatic heterocycles. The highest BCUT2D eigenvalue weighted by molar-refractivity contribution is 7.11. The number of rotatable bonds is 5. The van der Waals surface area contributed by atoms with Gasteiger partial charge in [0.2, 0.25) is 0 Å². The molecule has 0 fully saturated rings. The molecule has 3 N–H and O–H groups in total. The first-order chi connectivity index (χ1) is 9.99. The quantitative estimate of drug-likeness (QED) is 0.881. The SMILES string of the molecule is CC(C)NC(=O)c1c(N)nsc1N(C)Cc1cccnc1. The summed E-state index contributed by atoms with van der Waals surface area (Å²) in [6, 6.07) is 3.92. The lowest BCUT2D eigenvalue weighted by molar-refractivity contribution is 0.0944. The standard InChI is InChI=1S/C14H19N5OS/c1-9(2)17-13(20)11-12(15)18-21-14(11)19(3)8-10-5-4-6-16-7-10/h4-7,9H,8H2,1-3H3,(H2,15,18)(H,17,20). The van der Waals surface area contributed by atoms with Gasteiger partial charge in [-0.15, -0.1) is 0 Å². The Labute approximate surface area is 128 Å². The molecule has 2 rings (SSSR count). The molecule has 0 unspecified atom stereocenters. The summed E-state index contributed by atoms with van der Waals surface area (Å²) in [6.45, 7) is 4.46. The summed E-state index contributed by atoms with van der Waals surface area (Å²) >= 11 is 1.23. The first-order valence-corrected chi connectivity index (χ1v) is 7.42. The van der Waals surface area contributed by atoms with Gasteiger partial charge >= 0.3 is 0 Å². The summed E-state index contributed by atoms with van der Waals surface area (Å²) < 4.78 is 4.11. The average Bonchev–Trinajstić information content (AvgIpc) is 2.81. The van der Waals surface area contributed by atoms with Crippen LogP contribution >= 0.6 is 11.5 Å². The summed E-state index contributed by atoms with van der Waals surface area (Å²) in [5, 5.41) is 3.61. The molecular weight excluding hydrogens is 286 g/mol. The number of carbonyl (C=O) groups excluding carboxylic acids is 1. The number of nitrogens with one attached hydrogen (secondary N) is 1. The van der Waals surface area contributed by atoms with Gasteiger partial charge in [0.05, 0.1) is 0 Å². The molecule has 7 heteroatoms. The number of nitrogens with two attached hydrogens (primary N) is 1. The van der Waals surface area contributed by atoms with Crippen molar-refractivity contribution in [3.05, 3.63) is 35.7 Å². The van der Waals surface area contributed by atoms with Crippen molar-refractivity contribution in [3.63, 3.8) is 0 Å². The summed E-state index contributed by atoms with van der Waals surface area (Å²) in [4.78, 5) is 18.3. The van der Waals surface area contributed by atoms with Gasteiger partial charge < -0.3 is 16.0 Å². The van der Waals surface area contributed by atoms with E-state index in [0.29, 0.717) is 12.1 Å². The molecule has 0 saturated heterocycles. The van der Waals surface area contributed by atoms with E-state index in [2.05, 4.69) is 14.7 Å². The fourth-order valence-electron chi connectivity index (χ4n) is 1.94. The number of nitrogen functional groups attached to an aromatic ring is 1. The topological polar surface area (TPSA) is 84.1 Å². The van der Waals surface area contributed by atoms with Gasteiger partial charge in [-0.05, 0) is 37.0 Å². The Kier molecular flexibility index (Phi) is 4.74. The van der Waals surface area contributed by atoms with Crippen LogP contribution in [0.25, 0.3) is 0 Å². The Morgan fingerprint density at radius 3 is 2.90 bits per heavy atom. The monoisotopic (exact) mass is 305 g/mol. The maximum Gasteiger partial charge on any atom is 0.258 e. The molecule has 2 aromatic heterocycles. The van der Waals surface area contributed by atoms with Crippen molar-refractivity contribution in [2.45, 2.75) is 26.4 Å². The van der Waals surface area contributed by atoms with Crippen molar-refractivity contribution in [3.8, 4) is 0 Å². The summed E-state index contributed by atoms with van der Waals surface area (Å²) in [7, 11) is 1.91. The number of hydrogen-bond donors (Lipinski definition) is 2. The van der Waals surface area contributed by atoms with Crippen molar-refractivity contribution in [2.75, 3.05) is 17.7 Å². The summed E-state index contributed by atoms with van der Waals surface area (Å²) in [6.07, 6.45) is 3.53. The van der Waals surface area contributed by atoms with E-state index < -0.39 is 0 Å². The second-order valence-electron chi connectivity index (χ2n) is 5.09. The Hall–Kier alpha value is -2.15. The minimum absolute atomic E-state index is 0.0493.